The van der Waals surface area contributed by atoms with E-state index in [1.165, 1.54) is 12.1 Å². The van der Waals surface area contributed by atoms with E-state index in [0.29, 0.717) is 17.4 Å². The maximum Gasteiger partial charge on any atom is 0.319 e. The van der Waals surface area contributed by atoms with E-state index in [4.69, 9.17) is 4.74 Å². The van der Waals surface area contributed by atoms with Crippen molar-refractivity contribution in [3.8, 4) is 5.75 Å². The van der Waals surface area contributed by atoms with Crippen molar-refractivity contribution < 1.29 is 13.9 Å². The molecule has 1 aliphatic rings. The molecule has 2 N–H and O–H groups in total. The van der Waals surface area contributed by atoms with Crippen LogP contribution in [0.25, 0.3) is 0 Å². The van der Waals surface area contributed by atoms with E-state index in [0.717, 1.165) is 31.2 Å². The van der Waals surface area contributed by atoms with E-state index in [-0.39, 0.29) is 17.9 Å². The van der Waals surface area contributed by atoms with Crippen LogP contribution in [0.5, 0.6) is 5.75 Å². The molecule has 132 valence electrons. The van der Waals surface area contributed by atoms with Gasteiger partial charge in [0.05, 0.1) is 18.8 Å². The first-order valence-corrected chi connectivity index (χ1v) is 8.63. The molecule has 25 heavy (non-hydrogen) atoms. The number of nitrogens with one attached hydrogen (secondary N) is 2. The van der Waals surface area contributed by atoms with Gasteiger partial charge in [0.15, 0.2) is 0 Å². The van der Waals surface area contributed by atoms with Crippen LogP contribution in [-0.4, -0.2) is 13.1 Å². The number of amides is 2. The number of rotatable bonds is 5. The third-order valence-electron chi connectivity index (χ3n) is 4.74. The Morgan fingerprint density at radius 2 is 1.80 bits per heavy atom. The average Bonchev–Trinajstić information content (AvgIpc) is 3.15. The molecule has 1 atom stereocenters. The van der Waals surface area contributed by atoms with Crippen LogP contribution in [0.1, 0.15) is 37.3 Å². The molecule has 0 saturated heterocycles. The summed E-state index contributed by atoms with van der Waals surface area (Å²) in [6.45, 7) is 0. The normalized spacial score (nSPS) is 15.6. The smallest absolute Gasteiger partial charge is 0.319 e. The van der Waals surface area contributed by atoms with Crippen molar-refractivity contribution in [2.24, 2.45) is 5.92 Å². The maximum atomic E-state index is 13.2. The summed E-state index contributed by atoms with van der Waals surface area (Å²) in [5.74, 6) is 0.707. The number of ether oxygens (including phenoxy) is 1. The highest BCUT2D eigenvalue weighted by Gasteiger charge is 2.28. The zero-order valence-corrected chi connectivity index (χ0v) is 14.3. The maximum absolute atomic E-state index is 13.2. The average molecular weight is 342 g/mol. The lowest BCUT2D eigenvalue weighted by molar-refractivity contribution is 0.242. The lowest BCUT2D eigenvalue weighted by Crippen LogP contribution is -2.36. The van der Waals surface area contributed by atoms with Crippen molar-refractivity contribution in [3.63, 3.8) is 0 Å². The summed E-state index contributed by atoms with van der Waals surface area (Å²) in [4.78, 5) is 12.5. The summed E-state index contributed by atoms with van der Waals surface area (Å²) in [5, 5.41) is 5.91. The SMILES string of the molecule is COc1ccccc1NC(=O)NC(c1ccc(F)cc1)C1CCCC1. The van der Waals surface area contributed by atoms with Gasteiger partial charge in [0.1, 0.15) is 11.6 Å². The van der Waals surface area contributed by atoms with Gasteiger partial charge in [0, 0.05) is 0 Å². The molecule has 1 saturated carbocycles. The number of hydrogen-bond donors (Lipinski definition) is 2. The Morgan fingerprint density at radius 3 is 2.48 bits per heavy atom. The van der Waals surface area contributed by atoms with Crippen molar-refractivity contribution >= 4 is 11.7 Å². The van der Waals surface area contributed by atoms with Crippen LogP contribution in [-0.2, 0) is 0 Å². The lowest BCUT2D eigenvalue weighted by atomic mass is 9.91. The van der Waals surface area contributed by atoms with Gasteiger partial charge in [-0.2, -0.15) is 0 Å². The highest BCUT2D eigenvalue weighted by atomic mass is 19.1. The van der Waals surface area contributed by atoms with E-state index in [9.17, 15) is 9.18 Å². The highest BCUT2D eigenvalue weighted by Crippen LogP contribution is 2.36. The van der Waals surface area contributed by atoms with Gasteiger partial charge in [-0.25, -0.2) is 9.18 Å². The first-order chi connectivity index (χ1) is 12.2. The predicted molar refractivity (Wildman–Crippen MR) is 96.2 cm³/mol. The first-order valence-electron chi connectivity index (χ1n) is 8.63. The summed E-state index contributed by atoms with van der Waals surface area (Å²) < 4.78 is 18.5. The Labute approximate surface area is 147 Å². The Kier molecular flexibility index (Phi) is 5.53. The molecule has 0 aliphatic heterocycles. The minimum Gasteiger partial charge on any atom is -0.495 e. The molecule has 2 amide bonds. The second kappa shape index (κ2) is 8.01. The fraction of sp³-hybridized carbons (Fsp3) is 0.350. The third kappa shape index (κ3) is 4.29. The van der Waals surface area contributed by atoms with Crippen LogP contribution >= 0.6 is 0 Å². The number of para-hydroxylation sites is 2. The number of benzene rings is 2. The number of hydrogen-bond acceptors (Lipinski definition) is 2. The molecule has 0 heterocycles. The number of halogens is 1. The van der Waals surface area contributed by atoms with Crippen LogP contribution in [0.3, 0.4) is 0 Å². The molecule has 2 aromatic rings. The standard InChI is InChI=1S/C20H23FN2O2/c1-25-18-9-5-4-8-17(18)22-20(24)23-19(14-6-2-3-7-14)15-10-12-16(21)13-11-15/h4-5,8-14,19H,2-3,6-7H2,1H3,(H2,22,23,24). The van der Waals surface area contributed by atoms with Crippen LogP contribution in [0.2, 0.25) is 0 Å². The lowest BCUT2D eigenvalue weighted by Gasteiger charge is -2.25. The van der Waals surface area contributed by atoms with Gasteiger partial charge in [-0.05, 0) is 48.6 Å². The number of anilines is 1. The molecule has 0 aromatic heterocycles. The zero-order valence-electron chi connectivity index (χ0n) is 14.3. The van der Waals surface area contributed by atoms with Gasteiger partial charge in [0.2, 0.25) is 0 Å². The topological polar surface area (TPSA) is 50.4 Å². The molecule has 1 aliphatic carbocycles. The Morgan fingerprint density at radius 1 is 1.12 bits per heavy atom. The molecule has 0 spiro atoms. The summed E-state index contributed by atoms with van der Waals surface area (Å²) in [7, 11) is 1.57. The van der Waals surface area contributed by atoms with Crippen molar-refractivity contribution in [3.05, 3.63) is 59.9 Å². The Bertz CT molecular complexity index is 712. The van der Waals surface area contributed by atoms with Crippen LogP contribution in [0.4, 0.5) is 14.9 Å². The van der Waals surface area contributed by atoms with E-state index in [1.807, 2.05) is 12.1 Å². The summed E-state index contributed by atoms with van der Waals surface area (Å²) in [6.07, 6.45) is 4.46. The van der Waals surface area contributed by atoms with Crippen molar-refractivity contribution in [2.45, 2.75) is 31.7 Å². The van der Waals surface area contributed by atoms with Crippen molar-refractivity contribution in [2.75, 3.05) is 12.4 Å². The highest BCUT2D eigenvalue weighted by molar-refractivity contribution is 5.91. The molecular formula is C20H23FN2O2. The van der Waals surface area contributed by atoms with Gasteiger partial charge < -0.3 is 15.4 Å². The van der Waals surface area contributed by atoms with E-state index >= 15 is 0 Å². The Balaban J connectivity index is 1.75. The number of carbonyl (C=O) groups is 1. The monoisotopic (exact) mass is 342 g/mol. The Hall–Kier alpha value is -2.56. The number of urea groups is 1. The third-order valence-corrected chi connectivity index (χ3v) is 4.74. The minimum absolute atomic E-state index is 0.127. The fourth-order valence-electron chi connectivity index (χ4n) is 3.48. The molecule has 0 bridgehead atoms. The van der Waals surface area contributed by atoms with Gasteiger partial charge in [-0.15, -0.1) is 0 Å². The van der Waals surface area contributed by atoms with E-state index in [1.54, 1.807) is 31.4 Å². The molecule has 1 fully saturated rings. The second-order valence-electron chi connectivity index (χ2n) is 6.37. The first kappa shape index (κ1) is 17.3. The molecule has 2 aromatic carbocycles. The van der Waals surface area contributed by atoms with E-state index < -0.39 is 0 Å². The van der Waals surface area contributed by atoms with E-state index in [2.05, 4.69) is 10.6 Å². The van der Waals surface area contributed by atoms with Crippen molar-refractivity contribution in [1.29, 1.82) is 0 Å². The molecule has 0 radical (unpaired) electrons. The largest absolute Gasteiger partial charge is 0.495 e. The predicted octanol–water partition coefficient (Wildman–Crippen LogP) is 4.89. The van der Waals surface area contributed by atoms with Crippen LogP contribution in [0.15, 0.2) is 48.5 Å². The molecule has 4 nitrogen and oxygen atoms in total. The van der Waals surface area contributed by atoms with Crippen LogP contribution < -0.4 is 15.4 Å². The second-order valence-corrected chi connectivity index (χ2v) is 6.37. The summed E-state index contributed by atoms with van der Waals surface area (Å²) in [6, 6.07) is 13.3. The number of carbonyl (C=O) groups excluding carboxylic acids is 1. The van der Waals surface area contributed by atoms with Gasteiger partial charge in [-0.3, -0.25) is 0 Å². The van der Waals surface area contributed by atoms with Crippen molar-refractivity contribution in [1.82, 2.24) is 5.32 Å². The molecule has 3 rings (SSSR count). The quantitative estimate of drug-likeness (QED) is 0.813. The zero-order chi connectivity index (χ0) is 17.6. The fourth-order valence-corrected chi connectivity index (χ4v) is 3.48. The summed E-state index contributed by atoms with van der Waals surface area (Å²) >= 11 is 0. The summed E-state index contributed by atoms with van der Waals surface area (Å²) in [5.41, 5.74) is 1.55. The van der Waals surface area contributed by atoms with Gasteiger partial charge in [-0.1, -0.05) is 37.1 Å². The van der Waals surface area contributed by atoms with Crippen LogP contribution in [0, 0.1) is 11.7 Å². The van der Waals surface area contributed by atoms with Gasteiger partial charge in [0.25, 0.3) is 0 Å². The minimum atomic E-state index is -0.286. The van der Waals surface area contributed by atoms with Gasteiger partial charge >= 0.3 is 6.03 Å². The molecule has 1 unspecified atom stereocenters. The number of methoxy groups -OCH3 is 1. The molecule has 5 heteroatoms. The molecular weight excluding hydrogens is 319 g/mol.